The standard InChI is InChI=1S/C2N2S2/c5-1-3-4-2-6. The molecule has 0 bridgehead atoms. The summed E-state index contributed by atoms with van der Waals surface area (Å²) in [5.41, 5.74) is 0. The fourth-order valence-electron chi connectivity index (χ4n) is 0.0408. The molecule has 0 amide bonds. The van der Waals surface area contributed by atoms with E-state index in [1.165, 1.54) is 0 Å². The minimum atomic E-state index is 1.98. The van der Waals surface area contributed by atoms with Gasteiger partial charge >= 0.3 is 0 Å². The van der Waals surface area contributed by atoms with Crippen LogP contribution in [0.2, 0.25) is 0 Å². The zero-order valence-corrected chi connectivity index (χ0v) is 4.34. The lowest BCUT2D eigenvalue weighted by Crippen LogP contribution is -1.39. The van der Waals surface area contributed by atoms with Crippen LogP contribution in [0.25, 0.3) is 0 Å². The first kappa shape index (κ1) is 5.60. The summed E-state index contributed by atoms with van der Waals surface area (Å²) in [5.74, 6) is 0. The fraction of sp³-hybridized carbons (Fsp3) is 0. The molecule has 2 nitrogen and oxygen atoms in total. The molecule has 0 aromatic carbocycles. The zero-order valence-electron chi connectivity index (χ0n) is 2.71. The van der Waals surface area contributed by atoms with E-state index in [2.05, 4.69) is 34.6 Å². The van der Waals surface area contributed by atoms with E-state index >= 15 is 0 Å². The van der Waals surface area contributed by atoms with E-state index in [1.54, 1.807) is 0 Å². The summed E-state index contributed by atoms with van der Waals surface area (Å²) >= 11 is 8.24. The number of hydrogen-bond donors (Lipinski definition) is 0. The van der Waals surface area contributed by atoms with Crippen LogP contribution in [-0.4, -0.2) is 10.3 Å². The second kappa shape index (κ2) is 4.60. The summed E-state index contributed by atoms with van der Waals surface area (Å²) in [7, 11) is 0. The summed E-state index contributed by atoms with van der Waals surface area (Å²) in [4.78, 5) is 0. The first-order valence-corrected chi connectivity index (χ1v) is 1.87. The number of isothiocyanates is 2. The van der Waals surface area contributed by atoms with Crippen molar-refractivity contribution < 1.29 is 0 Å². The number of thiocarbonyl (C=S) groups is 2. The van der Waals surface area contributed by atoms with Gasteiger partial charge in [-0.05, 0) is 24.4 Å². The van der Waals surface area contributed by atoms with E-state index in [4.69, 9.17) is 0 Å². The average Bonchev–Trinajstić information content (AvgIpc) is 1.61. The maximum absolute atomic E-state index is 4.12. The third kappa shape index (κ3) is 3.60. The van der Waals surface area contributed by atoms with Gasteiger partial charge in [0.05, 0.1) is 10.3 Å². The molecule has 6 heavy (non-hydrogen) atoms. The topological polar surface area (TPSA) is 24.7 Å². The van der Waals surface area contributed by atoms with Gasteiger partial charge in [0.2, 0.25) is 0 Å². The lowest BCUT2D eigenvalue weighted by atomic mass is 11.6. The van der Waals surface area contributed by atoms with Gasteiger partial charge in [-0.1, -0.05) is 10.2 Å². The number of hydrogen-bond acceptors (Lipinski definition) is 4. The van der Waals surface area contributed by atoms with Crippen molar-refractivity contribution in [3.8, 4) is 0 Å². The highest BCUT2D eigenvalue weighted by Crippen LogP contribution is 1.57. The minimum absolute atomic E-state index is 1.98. The van der Waals surface area contributed by atoms with Crippen molar-refractivity contribution in [3.05, 3.63) is 0 Å². The van der Waals surface area contributed by atoms with Gasteiger partial charge in [-0.25, -0.2) is 0 Å². The van der Waals surface area contributed by atoms with E-state index in [0.29, 0.717) is 0 Å². The van der Waals surface area contributed by atoms with Crippen molar-refractivity contribution in [2.75, 3.05) is 0 Å². The van der Waals surface area contributed by atoms with Crippen LogP contribution in [0.3, 0.4) is 0 Å². The van der Waals surface area contributed by atoms with Gasteiger partial charge in [0, 0.05) is 0 Å². The number of rotatable bonds is 1. The Morgan fingerprint density at radius 2 is 1.33 bits per heavy atom. The van der Waals surface area contributed by atoms with Gasteiger partial charge in [0.15, 0.2) is 0 Å². The molecule has 0 N–H and O–H groups in total. The van der Waals surface area contributed by atoms with Gasteiger partial charge < -0.3 is 0 Å². The molecule has 0 aromatic rings. The van der Waals surface area contributed by atoms with Crippen molar-refractivity contribution in [1.29, 1.82) is 0 Å². The number of nitrogens with zero attached hydrogens (tertiary/aromatic N) is 2. The molecule has 0 aliphatic rings. The molecule has 4 heteroatoms. The Labute approximate surface area is 45.6 Å². The summed E-state index contributed by atoms with van der Waals surface area (Å²) < 4.78 is 0. The molecule has 0 radical (unpaired) electrons. The molecule has 0 saturated carbocycles. The van der Waals surface area contributed by atoms with E-state index in [9.17, 15) is 0 Å². The van der Waals surface area contributed by atoms with Crippen LogP contribution in [0, 0.1) is 0 Å². The SMILES string of the molecule is S=C=NN=C=S. The minimum Gasteiger partial charge on any atom is -0.0839 e. The Morgan fingerprint density at radius 1 is 1.00 bits per heavy atom. The van der Waals surface area contributed by atoms with Crippen molar-refractivity contribution in [3.63, 3.8) is 0 Å². The molecule has 0 aromatic heterocycles. The molecule has 0 saturated heterocycles. The Morgan fingerprint density at radius 3 is 1.50 bits per heavy atom. The van der Waals surface area contributed by atoms with Crippen LogP contribution in [0.15, 0.2) is 10.2 Å². The summed E-state index contributed by atoms with van der Waals surface area (Å²) in [6.07, 6.45) is 0. The quantitative estimate of drug-likeness (QED) is 0.291. The van der Waals surface area contributed by atoms with Crippen LogP contribution in [0.5, 0.6) is 0 Å². The van der Waals surface area contributed by atoms with E-state index in [-0.39, 0.29) is 0 Å². The summed E-state index contributed by atoms with van der Waals surface area (Å²) in [6, 6.07) is 0. The zero-order chi connectivity index (χ0) is 4.83. The molecule has 0 rings (SSSR count). The molecule has 0 unspecified atom stereocenters. The molecular formula is C2N2S2. The van der Waals surface area contributed by atoms with Crippen LogP contribution in [-0.2, 0) is 0 Å². The van der Waals surface area contributed by atoms with Crippen molar-refractivity contribution in [1.82, 2.24) is 0 Å². The normalized spacial score (nSPS) is 4.67. The molecule has 0 spiro atoms. The highest BCUT2D eigenvalue weighted by atomic mass is 32.1. The summed E-state index contributed by atoms with van der Waals surface area (Å²) in [6.45, 7) is 0. The third-order valence-electron chi connectivity index (χ3n) is 0.132. The highest BCUT2D eigenvalue weighted by Gasteiger charge is 1.43. The van der Waals surface area contributed by atoms with Crippen LogP contribution in [0.1, 0.15) is 0 Å². The molecule has 0 atom stereocenters. The summed E-state index contributed by atoms with van der Waals surface area (Å²) in [5, 5.41) is 10.1. The van der Waals surface area contributed by atoms with Crippen molar-refractivity contribution in [2.45, 2.75) is 0 Å². The monoisotopic (exact) mass is 116 g/mol. The van der Waals surface area contributed by atoms with E-state index in [1.807, 2.05) is 10.3 Å². The Kier molecular flexibility index (Phi) is 4.29. The maximum atomic E-state index is 4.12. The Hall–Kier alpha value is -0.400. The van der Waals surface area contributed by atoms with Gasteiger partial charge in [-0.2, -0.15) is 0 Å². The van der Waals surface area contributed by atoms with Crippen LogP contribution >= 0.6 is 24.4 Å². The first-order chi connectivity index (χ1) is 2.91. The van der Waals surface area contributed by atoms with Crippen molar-refractivity contribution in [2.24, 2.45) is 10.2 Å². The van der Waals surface area contributed by atoms with Crippen molar-refractivity contribution >= 4 is 34.8 Å². The Balaban J connectivity index is 3.64. The van der Waals surface area contributed by atoms with Gasteiger partial charge in [-0.3, -0.25) is 0 Å². The smallest absolute Gasteiger partial charge is 0.0839 e. The highest BCUT2D eigenvalue weighted by molar-refractivity contribution is 7.78. The molecule has 0 fully saturated rings. The van der Waals surface area contributed by atoms with E-state index in [0.717, 1.165) is 0 Å². The largest absolute Gasteiger partial charge is 0.0879 e. The van der Waals surface area contributed by atoms with Crippen LogP contribution in [0.4, 0.5) is 0 Å². The first-order valence-electron chi connectivity index (χ1n) is 1.06. The lowest BCUT2D eigenvalue weighted by Gasteiger charge is -1.49. The maximum Gasteiger partial charge on any atom is 0.0879 e. The van der Waals surface area contributed by atoms with Gasteiger partial charge in [0.25, 0.3) is 0 Å². The molecule has 0 aliphatic heterocycles. The fourth-order valence-corrected chi connectivity index (χ4v) is 0.122. The second-order valence-corrected chi connectivity index (χ2v) is 0.748. The Bertz CT molecular complexity index is 102. The predicted molar refractivity (Wildman–Crippen MR) is 30.1 cm³/mol. The second-order valence-electron chi connectivity index (χ2n) is 0.383. The predicted octanol–water partition coefficient (Wildman–Crippen LogP) is 1.11. The average molecular weight is 116 g/mol. The molecular weight excluding hydrogens is 116 g/mol. The van der Waals surface area contributed by atoms with Gasteiger partial charge in [-0.15, -0.1) is 0 Å². The lowest BCUT2D eigenvalue weighted by molar-refractivity contribution is 1.29. The van der Waals surface area contributed by atoms with Gasteiger partial charge in [0.1, 0.15) is 0 Å². The van der Waals surface area contributed by atoms with Crippen LogP contribution < -0.4 is 0 Å². The molecule has 0 heterocycles. The molecule has 0 aliphatic carbocycles. The van der Waals surface area contributed by atoms with E-state index < -0.39 is 0 Å². The molecule has 30 valence electrons. The third-order valence-corrected chi connectivity index (χ3v) is 0.295.